The van der Waals surface area contributed by atoms with Crippen LogP contribution in [0.25, 0.3) is 0 Å². The Balaban J connectivity index is 2.09. The molecule has 1 aliphatic carbocycles. The van der Waals surface area contributed by atoms with Gasteiger partial charge < -0.3 is 15.3 Å². The van der Waals surface area contributed by atoms with E-state index in [1.54, 1.807) is 0 Å². The number of nitrogens with zero attached hydrogens (tertiary/aromatic N) is 1. The van der Waals surface area contributed by atoms with Crippen molar-refractivity contribution >= 4 is 0 Å². The molecule has 2 aliphatic heterocycles. The maximum Gasteiger partial charge on any atom is 0.138 e. The van der Waals surface area contributed by atoms with E-state index in [-0.39, 0.29) is 12.1 Å². The quantitative estimate of drug-likeness (QED) is 0.552. The minimum absolute atomic E-state index is 0.174. The Morgan fingerprint density at radius 1 is 1.46 bits per heavy atom. The predicted molar refractivity (Wildman–Crippen MR) is 49.5 cm³/mol. The van der Waals surface area contributed by atoms with Crippen LogP contribution in [0.2, 0.25) is 0 Å². The maximum absolute atomic E-state index is 9.95. The molecule has 0 saturated carbocycles. The summed E-state index contributed by atoms with van der Waals surface area (Å²) < 4.78 is 0. The standard InChI is InChI=1S/C10H12N2O/c13-10-8-4-2-1-3-7(8)9-11-5-6-12(9)10/h1-4,8,10-11,13H,5-6H2. The van der Waals surface area contributed by atoms with Crippen molar-refractivity contribution in [3.8, 4) is 0 Å². The topological polar surface area (TPSA) is 35.5 Å². The minimum Gasteiger partial charge on any atom is -0.373 e. The fourth-order valence-electron chi connectivity index (χ4n) is 2.29. The lowest BCUT2D eigenvalue weighted by atomic mass is 9.96. The van der Waals surface area contributed by atoms with Gasteiger partial charge in [-0.1, -0.05) is 24.3 Å². The highest BCUT2D eigenvalue weighted by atomic mass is 16.3. The van der Waals surface area contributed by atoms with Crippen LogP contribution in [0.1, 0.15) is 0 Å². The second-order valence-electron chi connectivity index (χ2n) is 3.61. The van der Waals surface area contributed by atoms with Gasteiger partial charge in [-0.05, 0) is 0 Å². The molecule has 1 saturated heterocycles. The van der Waals surface area contributed by atoms with Crippen molar-refractivity contribution in [2.24, 2.45) is 5.92 Å². The smallest absolute Gasteiger partial charge is 0.138 e. The lowest BCUT2D eigenvalue weighted by Crippen LogP contribution is -2.31. The van der Waals surface area contributed by atoms with Gasteiger partial charge in [0.25, 0.3) is 0 Å². The van der Waals surface area contributed by atoms with Gasteiger partial charge in [0.1, 0.15) is 12.0 Å². The summed E-state index contributed by atoms with van der Waals surface area (Å²) in [7, 11) is 0. The van der Waals surface area contributed by atoms with Crippen molar-refractivity contribution in [1.82, 2.24) is 10.2 Å². The summed E-state index contributed by atoms with van der Waals surface area (Å²) in [5.74, 6) is 1.30. The molecule has 2 heterocycles. The summed E-state index contributed by atoms with van der Waals surface area (Å²) in [6, 6.07) is 0. The van der Waals surface area contributed by atoms with Gasteiger partial charge in [-0.3, -0.25) is 0 Å². The summed E-state index contributed by atoms with van der Waals surface area (Å²) in [5.41, 5.74) is 1.23. The third kappa shape index (κ3) is 0.823. The van der Waals surface area contributed by atoms with Gasteiger partial charge >= 0.3 is 0 Å². The Morgan fingerprint density at radius 3 is 3.31 bits per heavy atom. The average Bonchev–Trinajstić information content (AvgIpc) is 2.72. The molecular formula is C10H12N2O. The summed E-state index contributed by atoms with van der Waals surface area (Å²) in [6.07, 6.45) is 7.81. The van der Waals surface area contributed by atoms with E-state index in [1.807, 2.05) is 17.1 Å². The van der Waals surface area contributed by atoms with Crippen molar-refractivity contribution in [1.29, 1.82) is 0 Å². The summed E-state index contributed by atoms with van der Waals surface area (Å²) in [5, 5.41) is 13.3. The van der Waals surface area contributed by atoms with E-state index in [0.717, 1.165) is 18.9 Å². The van der Waals surface area contributed by atoms with E-state index in [4.69, 9.17) is 0 Å². The maximum atomic E-state index is 9.95. The normalized spacial score (nSPS) is 35.0. The van der Waals surface area contributed by atoms with Crippen molar-refractivity contribution in [3.05, 3.63) is 35.7 Å². The van der Waals surface area contributed by atoms with Gasteiger partial charge in [0, 0.05) is 18.7 Å². The van der Waals surface area contributed by atoms with Crippen LogP contribution in [-0.2, 0) is 0 Å². The molecule has 0 aromatic carbocycles. The molecule has 3 heteroatoms. The fraction of sp³-hybridized carbons (Fsp3) is 0.400. The average molecular weight is 176 g/mol. The Labute approximate surface area is 77.0 Å². The van der Waals surface area contributed by atoms with Crippen molar-refractivity contribution in [3.63, 3.8) is 0 Å². The lowest BCUT2D eigenvalue weighted by molar-refractivity contribution is 0.0346. The molecule has 68 valence electrons. The molecule has 2 unspecified atom stereocenters. The van der Waals surface area contributed by atoms with Gasteiger partial charge in [0.05, 0.1) is 5.92 Å². The van der Waals surface area contributed by atoms with E-state index < -0.39 is 0 Å². The number of rotatable bonds is 0. The number of hydrogen-bond donors (Lipinski definition) is 2. The Morgan fingerprint density at radius 2 is 2.38 bits per heavy atom. The number of nitrogens with one attached hydrogen (secondary N) is 1. The Bertz CT molecular complexity index is 330. The minimum atomic E-state index is -0.360. The van der Waals surface area contributed by atoms with Crippen molar-refractivity contribution < 1.29 is 5.11 Å². The number of fused-ring (bicyclic) bond motifs is 2. The zero-order chi connectivity index (χ0) is 8.84. The van der Waals surface area contributed by atoms with Crippen LogP contribution in [0.5, 0.6) is 0 Å². The summed E-state index contributed by atoms with van der Waals surface area (Å²) in [4.78, 5) is 2.04. The van der Waals surface area contributed by atoms with Gasteiger partial charge in [0.2, 0.25) is 0 Å². The second kappa shape index (κ2) is 2.39. The van der Waals surface area contributed by atoms with Crippen LogP contribution < -0.4 is 5.32 Å². The lowest BCUT2D eigenvalue weighted by Gasteiger charge is -2.21. The number of hydrogen-bond acceptors (Lipinski definition) is 3. The first-order valence-electron chi connectivity index (χ1n) is 4.65. The Hall–Kier alpha value is -1.22. The highest BCUT2D eigenvalue weighted by Gasteiger charge is 2.39. The molecule has 0 radical (unpaired) electrons. The van der Waals surface area contributed by atoms with E-state index in [9.17, 15) is 5.11 Å². The third-order valence-corrected chi connectivity index (χ3v) is 2.91. The molecule has 3 nitrogen and oxygen atoms in total. The first-order chi connectivity index (χ1) is 6.38. The Kier molecular flexibility index (Phi) is 1.32. The molecule has 2 N–H and O–H groups in total. The molecule has 0 bridgehead atoms. The SMILES string of the molecule is OC1C2C=CC=CC2=C2NCCN21. The fourth-order valence-corrected chi connectivity index (χ4v) is 2.29. The highest BCUT2D eigenvalue weighted by molar-refractivity contribution is 5.41. The number of aliphatic hydroxyl groups is 1. The number of aliphatic hydroxyl groups excluding tert-OH is 1. The highest BCUT2D eigenvalue weighted by Crippen LogP contribution is 2.36. The first kappa shape index (κ1) is 7.21. The molecular weight excluding hydrogens is 164 g/mol. The van der Waals surface area contributed by atoms with Gasteiger partial charge in [0.15, 0.2) is 0 Å². The van der Waals surface area contributed by atoms with E-state index in [0.29, 0.717) is 0 Å². The van der Waals surface area contributed by atoms with E-state index in [2.05, 4.69) is 17.5 Å². The zero-order valence-corrected chi connectivity index (χ0v) is 7.27. The van der Waals surface area contributed by atoms with Gasteiger partial charge in [-0.25, -0.2) is 0 Å². The van der Waals surface area contributed by atoms with E-state index >= 15 is 0 Å². The molecule has 13 heavy (non-hydrogen) atoms. The molecule has 0 aromatic rings. The molecule has 0 aromatic heterocycles. The molecule has 0 amide bonds. The zero-order valence-electron chi connectivity index (χ0n) is 7.27. The van der Waals surface area contributed by atoms with Crippen LogP contribution in [-0.4, -0.2) is 29.3 Å². The van der Waals surface area contributed by atoms with Crippen LogP contribution in [0.3, 0.4) is 0 Å². The molecule has 1 fully saturated rings. The van der Waals surface area contributed by atoms with Crippen LogP contribution in [0.15, 0.2) is 35.7 Å². The van der Waals surface area contributed by atoms with Crippen molar-refractivity contribution in [2.45, 2.75) is 6.23 Å². The van der Waals surface area contributed by atoms with Gasteiger partial charge in [-0.15, -0.1) is 0 Å². The predicted octanol–water partition coefficient (Wildman–Crippen LogP) is 0.177. The molecule has 3 aliphatic rings. The van der Waals surface area contributed by atoms with Crippen LogP contribution >= 0.6 is 0 Å². The monoisotopic (exact) mass is 176 g/mol. The van der Waals surface area contributed by atoms with Crippen LogP contribution in [0, 0.1) is 5.92 Å². The van der Waals surface area contributed by atoms with Crippen molar-refractivity contribution in [2.75, 3.05) is 13.1 Å². The second-order valence-corrected chi connectivity index (χ2v) is 3.61. The van der Waals surface area contributed by atoms with Crippen LogP contribution in [0.4, 0.5) is 0 Å². The first-order valence-corrected chi connectivity index (χ1v) is 4.65. The summed E-state index contributed by atoms with van der Waals surface area (Å²) in [6.45, 7) is 1.86. The molecule has 0 spiro atoms. The summed E-state index contributed by atoms with van der Waals surface area (Å²) >= 11 is 0. The van der Waals surface area contributed by atoms with Gasteiger partial charge in [-0.2, -0.15) is 0 Å². The molecule has 3 rings (SSSR count). The number of allylic oxidation sites excluding steroid dienone is 3. The third-order valence-electron chi connectivity index (χ3n) is 2.91. The largest absolute Gasteiger partial charge is 0.373 e. The molecule has 2 atom stereocenters. The van der Waals surface area contributed by atoms with E-state index in [1.165, 1.54) is 5.57 Å².